The van der Waals surface area contributed by atoms with E-state index in [0.717, 1.165) is 18.8 Å². The Bertz CT molecular complexity index is 829. The van der Waals surface area contributed by atoms with Gasteiger partial charge in [0.05, 0.1) is 0 Å². The molecule has 3 unspecified atom stereocenters. The molecule has 1 aliphatic heterocycles. The van der Waals surface area contributed by atoms with Crippen LogP contribution in [0.25, 0.3) is 5.57 Å². The van der Waals surface area contributed by atoms with Crippen LogP contribution in [-0.4, -0.2) is 15.9 Å². The van der Waals surface area contributed by atoms with Gasteiger partial charge >= 0.3 is 0 Å². The summed E-state index contributed by atoms with van der Waals surface area (Å²) < 4.78 is 0. The monoisotopic (exact) mass is 363 g/mol. The summed E-state index contributed by atoms with van der Waals surface area (Å²) in [5.41, 5.74) is 4.58. The number of fused-ring (bicyclic) bond motifs is 5. The van der Waals surface area contributed by atoms with Gasteiger partial charge < -0.3 is 5.32 Å². The largest absolute Gasteiger partial charge is 0.333 e. The SMILES string of the molecule is C[C@]12CCC(=O)NC=C1CCC1C2CC[C@]2(C)C(c3cncnc3)=CCC12. The first-order valence-corrected chi connectivity index (χ1v) is 10.5. The molecule has 0 aromatic carbocycles. The van der Waals surface area contributed by atoms with Gasteiger partial charge in [-0.2, -0.15) is 0 Å². The van der Waals surface area contributed by atoms with Gasteiger partial charge in [0.2, 0.25) is 5.91 Å². The minimum atomic E-state index is 0.183. The van der Waals surface area contributed by atoms with Crippen molar-refractivity contribution in [2.24, 2.45) is 28.6 Å². The average molecular weight is 364 g/mol. The van der Waals surface area contributed by atoms with Crippen molar-refractivity contribution in [1.82, 2.24) is 15.3 Å². The van der Waals surface area contributed by atoms with Crippen LogP contribution >= 0.6 is 0 Å². The Morgan fingerprint density at radius 3 is 2.67 bits per heavy atom. The fraction of sp³-hybridized carbons (Fsp3) is 0.609. The molecule has 5 rings (SSSR count). The van der Waals surface area contributed by atoms with Crippen molar-refractivity contribution < 1.29 is 4.79 Å². The lowest BCUT2D eigenvalue weighted by Crippen LogP contribution is -2.48. The number of carbonyl (C=O) groups is 1. The Balaban J connectivity index is 1.47. The van der Waals surface area contributed by atoms with Gasteiger partial charge in [0, 0.05) is 30.6 Å². The second kappa shape index (κ2) is 6.02. The van der Waals surface area contributed by atoms with Crippen LogP contribution in [0.1, 0.15) is 64.4 Å². The minimum absolute atomic E-state index is 0.183. The smallest absolute Gasteiger partial charge is 0.223 e. The summed E-state index contributed by atoms with van der Waals surface area (Å²) in [5.74, 6) is 2.33. The molecule has 142 valence electrons. The van der Waals surface area contributed by atoms with Crippen molar-refractivity contribution >= 4 is 11.5 Å². The summed E-state index contributed by atoms with van der Waals surface area (Å²) in [7, 11) is 0. The number of hydrogen-bond acceptors (Lipinski definition) is 3. The molecular weight excluding hydrogens is 334 g/mol. The minimum Gasteiger partial charge on any atom is -0.333 e. The van der Waals surface area contributed by atoms with Crippen LogP contribution in [0.15, 0.2) is 36.6 Å². The van der Waals surface area contributed by atoms with Crippen LogP contribution in [-0.2, 0) is 4.79 Å². The molecule has 27 heavy (non-hydrogen) atoms. The second-order valence-electron chi connectivity index (χ2n) is 9.51. The van der Waals surface area contributed by atoms with Gasteiger partial charge in [0.25, 0.3) is 0 Å². The molecule has 0 radical (unpaired) electrons. The summed E-state index contributed by atoms with van der Waals surface area (Å²) >= 11 is 0. The molecule has 0 bridgehead atoms. The highest BCUT2D eigenvalue weighted by molar-refractivity contribution is 5.77. The van der Waals surface area contributed by atoms with E-state index in [-0.39, 0.29) is 16.7 Å². The molecule has 4 aliphatic rings. The topological polar surface area (TPSA) is 54.9 Å². The Hall–Kier alpha value is -1.97. The van der Waals surface area contributed by atoms with E-state index in [2.05, 4.69) is 41.4 Å². The summed E-state index contributed by atoms with van der Waals surface area (Å²) in [6, 6.07) is 0. The van der Waals surface area contributed by atoms with Gasteiger partial charge in [-0.15, -0.1) is 0 Å². The van der Waals surface area contributed by atoms with Crippen LogP contribution in [0.3, 0.4) is 0 Å². The fourth-order valence-corrected chi connectivity index (χ4v) is 6.98. The Kier molecular flexibility index (Phi) is 3.82. The summed E-state index contributed by atoms with van der Waals surface area (Å²) in [5, 5.41) is 3.02. The second-order valence-corrected chi connectivity index (χ2v) is 9.51. The van der Waals surface area contributed by atoms with Crippen LogP contribution in [0.4, 0.5) is 0 Å². The third-order valence-corrected chi connectivity index (χ3v) is 8.47. The molecule has 2 heterocycles. The number of aromatic nitrogens is 2. The molecule has 0 spiro atoms. The number of allylic oxidation sites excluding steroid dienone is 3. The van der Waals surface area contributed by atoms with Gasteiger partial charge in [-0.25, -0.2) is 9.97 Å². The first-order chi connectivity index (χ1) is 13.0. The standard InChI is InChI=1S/C23H29N3O/c1-22-10-8-21(27)26-13-16(22)3-4-17-19-6-5-18(15-11-24-14-25-12-15)23(19,2)9-7-20(17)22/h5,11-14,17,19-20H,3-4,6-10H2,1-2H3,(H,26,27)/t17?,19?,20?,22-,23+/m0/s1. The van der Waals surface area contributed by atoms with Crippen LogP contribution in [0.5, 0.6) is 0 Å². The molecule has 1 aromatic heterocycles. The number of carbonyl (C=O) groups excluding carboxylic acids is 1. The average Bonchev–Trinajstić information content (AvgIpc) is 2.95. The predicted molar refractivity (Wildman–Crippen MR) is 105 cm³/mol. The van der Waals surface area contributed by atoms with Crippen LogP contribution in [0.2, 0.25) is 0 Å². The highest BCUT2D eigenvalue weighted by atomic mass is 16.1. The predicted octanol–water partition coefficient (Wildman–Crippen LogP) is 4.51. The van der Waals surface area contributed by atoms with E-state index >= 15 is 0 Å². The number of amides is 1. The van der Waals surface area contributed by atoms with Crippen molar-refractivity contribution in [1.29, 1.82) is 0 Å². The molecular formula is C23H29N3O. The molecule has 4 nitrogen and oxygen atoms in total. The van der Waals surface area contributed by atoms with Crippen molar-refractivity contribution in [2.45, 2.75) is 58.8 Å². The van der Waals surface area contributed by atoms with Crippen molar-refractivity contribution in [3.05, 3.63) is 42.1 Å². The number of nitrogens with zero attached hydrogens (tertiary/aromatic N) is 2. The molecule has 0 saturated heterocycles. The van der Waals surface area contributed by atoms with E-state index in [4.69, 9.17) is 0 Å². The Morgan fingerprint density at radius 1 is 1.04 bits per heavy atom. The van der Waals surface area contributed by atoms with E-state index in [9.17, 15) is 4.79 Å². The zero-order chi connectivity index (χ0) is 18.6. The van der Waals surface area contributed by atoms with E-state index < -0.39 is 0 Å². The van der Waals surface area contributed by atoms with Gasteiger partial charge in [0.15, 0.2) is 0 Å². The Morgan fingerprint density at radius 2 is 1.85 bits per heavy atom. The number of rotatable bonds is 1. The highest BCUT2D eigenvalue weighted by Gasteiger charge is 2.56. The molecule has 2 fully saturated rings. The quantitative estimate of drug-likeness (QED) is 0.799. The maximum atomic E-state index is 12.0. The van der Waals surface area contributed by atoms with Crippen LogP contribution in [0, 0.1) is 28.6 Å². The summed E-state index contributed by atoms with van der Waals surface area (Å²) in [6.07, 6.45) is 17.8. The maximum absolute atomic E-state index is 12.0. The van der Waals surface area contributed by atoms with Crippen molar-refractivity contribution in [3.63, 3.8) is 0 Å². The van der Waals surface area contributed by atoms with Gasteiger partial charge in [-0.3, -0.25) is 4.79 Å². The Labute approximate surface area is 161 Å². The lowest BCUT2D eigenvalue weighted by molar-refractivity contribution is -0.120. The van der Waals surface area contributed by atoms with E-state index in [0.29, 0.717) is 18.3 Å². The zero-order valence-electron chi connectivity index (χ0n) is 16.4. The molecule has 1 aromatic rings. The van der Waals surface area contributed by atoms with Gasteiger partial charge in [0.1, 0.15) is 6.33 Å². The molecule has 3 aliphatic carbocycles. The summed E-state index contributed by atoms with van der Waals surface area (Å²) in [4.78, 5) is 20.5. The normalized spacial score (nSPS) is 40.7. The van der Waals surface area contributed by atoms with E-state index in [1.165, 1.54) is 42.4 Å². The lowest BCUT2D eigenvalue weighted by atomic mass is 9.47. The van der Waals surface area contributed by atoms with Crippen molar-refractivity contribution in [3.8, 4) is 0 Å². The maximum Gasteiger partial charge on any atom is 0.223 e. The van der Waals surface area contributed by atoms with E-state index in [1.54, 1.807) is 6.33 Å². The first-order valence-electron chi connectivity index (χ1n) is 10.5. The third-order valence-electron chi connectivity index (χ3n) is 8.47. The van der Waals surface area contributed by atoms with E-state index in [1.807, 2.05) is 12.4 Å². The molecule has 2 saturated carbocycles. The molecule has 1 N–H and O–H groups in total. The van der Waals surface area contributed by atoms with Crippen molar-refractivity contribution in [2.75, 3.05) is 0 Å². The molecule has 4 heteroatoms. The van der Waals surface area contributed by atoms with Gasteiger partial charge in [-0.05, 0) is 78.3 Å². The number of hydrogen-bond donors (Lipinski definition) is 1. The molecule has 5 atom stereocenters. The number of nitrogens with one attached hydrogen (secondary N) is 1. The highest BCUT2D eigenvalue weighted by Crippen LogP contribution is 2.66. The summed E-state index contributed by atoms with van der Waals surface area (Å²) in [6.45, 7) is 4.92. The molecule has 1 amide bonds. The van der Waals surface area contributed by atoms with Crippen LogP contribution < -0.4 is 5.32 Å². The lowest BCUT2D eigenvalue weighted by Gasteiger charge is -2.57. The zero-order valence-corrected chi connectivity index (χ0v) is 16.4. The third kappa shape index (κ3) is 2.45. The van der Waals surface area contributed by atoms with Gasteiger partial charge in [-0.1, -0.05) is 19.9 Å². The fourth-order valence-electron chi connectivity index (χ4n) is 6.98. The first kappa shape index (κ1) is 17.2.